The summed E-state index contributed by atoms with van der Waals surface area (Å²) in [4.78, 5) is 4.01. The van der Waals surface area contributed by atoms with E-state index in [1.165, 1.54) is 0 Å². The summed E-state index contributed by atoms with van der Waals surface area (Å²) in [6.45, 7) is 0. The Morgan fingerprint density at radius 2 is 2.42 bits per heavy atom. The molecular formula is C8H6N4. The maximum atomic E-state index is 8.56. The van der Waals surface area contributed by atoms with Gasteiger partial charge >= 0.3 is 0 Å². The molecule has 0 radical (unpaired) electrons. The maximum absolute atomic E-state index is 8.56. The lowest BCUT2D eigenvalue weighted by Crippen LogP contribution is -1.90. The second-order valence-corrected chi connectivity index (χ2v) is 2.43. The smallest absolute Gasteiger partial charge is 0.161 e. The molecule has 4 heteroatoms. The van der Waals surface area contributed by atoms with Gasteiger partial charge in [0.2, 0.25) is 0 Å². The van der Waals surface area contributed by atoms with E-state index >= 15 is 0 Å². The van der Waals surface area contributed by atoms with Crippen molar-refractivity contribution >= 4 is 11.3 Å². The van der Waals surface area contributed by atoms with Gasteiger partial charge in [-0.3, -0.25) is 0 Å². The highest BCUT2D eigenvalue weighted by Gasteiger charge is 2.01. The highest BCUT2D eigenvalue weighted by atomic mass is 15.0. The Morgan fingerprint density at radius 1 is 1.58 bits per heavy atom. The predicted molar refractivity (Wildman–Crippen MR) is 44.3 cm³/mol. The number of nitriles is 1. The topological polar surface area (TPSA) is 67.1 Å². The summed E-state index contributed by atoms with van der Waals surface area (Å²) in [5.74, 6) is 0. The van der Waals surface area contributed by atoms with E-state index in [0.29, 0.717) is 17.0 Å². The number of pyridine rings is 1. The van der Waals surface area contributed by atoms with E-state index in [0.717, 1.165) is 0 Å². The van der Waals surface area contributed by atoms with Crippen molar-refractivity contribution in [2.24, 2.45) is 0 Å². The number of nitrogen functional groups attached to an aromatic ring is 1. The minimum absolute atomic E-state index is 0.382. The van der Waals surface area contributed by atoms with Crippen LogP contribution in [0.4, 0.5) is 5.69 Å². The molecule has 2 N–H and O–H groups in total. The van der Waals surface area contributed by atoms with Crippen LogP contribution >= 0.6 is 0 Å². The van der Waals surface area contributed by atoms with Crippen molar-refractivity contribution in [1.29, 1.82) is 5.26 Å². The molecule has 0 aliphatic rings. The average molecular weight is 158 g/mol. The van der Waals surface area contributed by atoms with Crippen LogP contribution in [0.5, 0.6) is 0 Å². The molecule has 2 aromatic heterocycles. The van der Waals surface area contributed by atoms with E-state index in [1.807, 2.05) is 12.1 Å². The molecule has 0 aromatic carbocycles. The summed E-state index contributed by atoms with van der Waals surface area (Å²) in [6.07, 6.45) is 3.45. The summed E-state index contributed by atoms with van der Waals surface area (Å²) >= 11 is 0. The van der Waals surface area contributed by atoms with Crippen LogP contribution in [0.1, 0.15) is 5.69 Å². The molecule has 4 nitrogen and oxygen atoms in total. The summed E-state index contributed by atoms with van der Waals surface area (Å²) < 4.78 is 1.73. The Balaban J connectivity index is 2.85. The van der Waals surface area contributed by atoms with Gasteiger partial charge in [-0.2, -0.15) is 5.26 Å². The van der Waals surface area contributed by atoms with E-state index < -0.39 is 0 Å². The van der Waals surface area contributed by atoms with Crippen molar-refractivity contribution in [3.63, 3.8) is 0 Å². The largest absolute Gasteiger partial charge is 0.396 e. The van der Waals surface area contributed by atoms with Crippen LogP contribution in [0.3, 0.4) is 0 Å². The van der Waals surface area contributed by atoms with Gasteiger partial charge in [0.25, 0.3) is 0 Å². The molecule has 0 bridgehead atoms. The molecule has 0 aliphatic carbocycles. The van der Waals surface area contributed by atoms with Crippen molar-refractivity contribution < 1.29 is 0 Å². The molecule has 0 amide bonds. The van der Waals surface area contributed by atoms with Crippen molar-refractivity contribution in [3.05, 3.63) is 30.2 Å². The number of nitrogens with two attached hydrogens (primary N) is 1. The van der Waals surface area contributed by atoms with Crippen LogP contribution in [0.2, 0.25) is 0 Å². The molecule has 0 unspecified atom stereocenters. The third-order valence-electron chi connectivity index (χ3n) is 1.63. The molecule has 0 fully saturated rings. The van der Waals surface area contributed by atoms with Gasteiger partial charge in [0, 0.05) is 12.4 Å². The first kappa shape index (κ1) is 6.68. The van der Waals surface area contributed by atoms with Crippen LogP contribution in [0.15, 0.2) is 24.5 Å². The molecule has 12 heavy (non-hydrogen) atoms. The fraction of sp³-hybridized carbons (Fsp3) is 0. The third kappa shape index (κ3) is 0.805. The lowest BCUT2D eigenvalue weighted by Gasteiger charge is -1.93. The average Bonchev–Trinajstić information content (AvgIpc) is 2.49. The zero-order valence-corrected chi connectivity index (χ0v) is 6.23. The predicted octanol–water partition coefficient (Wildman–Crippen LogP) is 0.788. The molecule has 0 saturated carbocycles. The van der Waals surface area contributed by atoms with Gasteiger partial charge in [-0.15, -0.1) is 0 Å². The SMILES string of the molecule is N#Cc1cn2cccc(N)c2n1. The van der Waals surface area contributed by atoms with Crippen LogP contribution in [-0.4, -0.2) is 9.38 Å². The zero-order valence-electron chi connectivity index (χ0n) is 6.23. The molecule has 2 aromatic rings. The number of hydrogen-bond acceptors (Lipinski definition) is 3. The van der Waals surface area contributed by atoms with Gasteiger partial charge in [-0.25, -0.2) is 4.98 Å². The fourth-order valence-corrected chi connectivity index (χ4v) is 1.09. The molecular weight excluding hydrogens is 152 g/mol. The lowest BCUT2D eigenvalue weighted by atomic mass is 10.4. The minimum atomic E-state index is 0.382. The molecule has 2 heterocycles. The summed E-state index contributed by atoms with van der Waals surface area (Å²) in [6, 6.07) is 5.52. The van der Waals surface area contributed by atoms with E-state index in [2.05, 4.69) is 4.98 Å². The molecule has 0 saturated heterocycles. The molecule has 58 valence electrons. The van der Waals surface area contributed by atoms with Crippen molar-refractivity contribution in [2.45, 2.75) is 0 Å². The second kappa shape index (κ2) is 2.24. The van der Waals surface area contributed by atoms with Crippen molar-refractivity contribution in [3.8, 4) is 6.07 Å². The van der Waals surface area contributed by atoms with E-state index in [4.69, 9.17) is 11.0 Å². The fourth-order valence-electron chi connectivity index (χ4n) is 1.09. The monoisotopic (exact) mass is 158 g/mol. The molecule has 2 rings (SSSR count). The number of fused-ring (bicyclic) bond motifs is 1. The van der Waals surface area contributed by atoms with Gasteiger partial charge in [0.15, 0.2) is 11.3 Å². The van der Waals surface area contributed by atoms with Gasteiger partial charge in [0.1, 0.15) is 6.07 Å². The quantitative estimate of drug-likeness (QED) is 0.616. The highest BCUT2D eigenvalue weighted by Crippen LogP contribution is 2.11. The van der Waals surface area contributed by atoms with Gasteiger partial charge in [-0.05, 0) is 12.1 Å². The first-order valence-electron chi connectivity index (χ1n) is 3.44. The third-order valence-corrected chi connectivity index (χ3v) is 1.63. The number of anilines is 1. The first-order valence-corrected chi connectivity index (χ1v) is 3.44. The van der Waals surface area contributed by atoms with Gasteiger partial charge in [0.05, 0.1) is 5.69 Å². The highest BCUT2D eigenvalue weighted by molar-refractivity contribution is 5.65. The van der Waals surface area contributed by atoms with Gasteiger partial charge < -0.3 is 10.1 Å². The van der Waals surface area contributed by atoms with Gasteiger partial charge in [-0.1, -0.05) is 0 Å². The Bertz CT molecular complexity index is 463. The Kier molecular flexibility index (Phi) is 1.25. The summed E-state index contributed by atoms with van der Waals surface area (Å²) in [5, 5.41) is 8.56. The first-order chi connectivity index (χ1) is 5.81. The van der Waals surface area contributed by atoms with Crippen molar-refractivity contribution in [2.75, 3.05) is 5.73 Å². The molecule has 0 spiro atoms. The minimum Gasteiger partial charge on any atom is -0.396 e. The number of nitrogens with zero attached hydrogens (tertiary/aromatic N) is 3. The number of aromatic nitrogens is 2. The van der Waals surface area contributed by atoms with Crippen LogP contribution in [0.25, 0.3) is 5.65 Å². The van der Waals surface area contributed by atoms with E-state index in [-0.39, 0.29) is 0 Å². The van der Waals surface area contributed by atoms with E-state index in [9.17, 15) is 0 Å². The van der Waals surface area contributed by atoms with Crippen molar-refractivity contribution in [1.82, 2.24) is 9.38 Å². The number of imidazole rings is 1. The summed E-state index contributed by atoms with van der Waals surface area (Å²) in [5.41, 5.74) is 7.23. The standard InChI is InChI=1S/C8H6N4/c9-4-6-5-12-3-1-2-7(10)8(12)11-6/h1-3,5H,10H2. The van der Waals surface area contributed by atoms with Crippen LogP contribution < -0.4 is 5.73 Å². The van der Waals surface area contributed by atoms with E-state index in [1.54, 1.807) is 22.9 Å². The summed E-state index contributed by atoms with van der Waals surface area (Å²) in [7, 11) is 0. The Hall–Kier alpha value is -2.02. The number of hydrogen-bond donors (Lipinski definition) is 1. The normalized spacial score (nSPS) is 9.92. The molecule has 0 atom stereocenters. The lowest BCUT2D eigenvalue weighted by molar-refractivity contribution is 1.19. The number of rotatable bonds is 0. The molecule has 0 aliphatic heterocycles. The van der Waals surface area contributed by atoms with Crippen LogP contribution in [-0.2, 0) is 0 Å². The zero-order chi connectivity index (χ0) is 8.55. The Morgan fingerprint density at radius 3 is 3.08 bits per heavy atom. The Labute approximate surface area is 68.9 Å². The second-order valence-electron chi connectivity index (χ2n) is 2.43. The maximum Gasteiger partial charge on any atom is 0.161 e. The van der Waals surface area contributed by atoms with Crippen LogP contribution in [0, 0.1) is 11.3 Å².